The largest absolute Gasteiger partial charge is 0.381 e. The van der Waals surface area contributed by atoms with E-state index < -0.39 is 5.41 Å². The fourth-order valence-electron chi connectivity index (χ4n) is 5.33. The van der Waals surface area contributed by atoms with E-state index in [2.05, 4.69) is 33.4 Å². The summed E-state index contributed by atoms with van der Waals surface area (Å²) in [6.45, 7) is 2.67. The van der Waals surface area contributed by atoms with Gasteiger partial charge in [0.2, 0.25) is 11.8 Å². The van der Waals surface area contributed by atoms with Crippen LogP contribution in [0.5, 0.6) is 0 Å². The first kappa shape index (κ1) is 21.8. The van der Waals surface area contributed by atoms with E-state index in [1.54, 1.807) is 0 Å². The Bertz CT molecular complexity index is 731. The van der Waals surface area contributed by atoms with Gasteiger partial charge in [0.25, 0.3) is 0 Å². The molecular weight excluding hydrogens is 444 g/mol. The second-order valence-electron chi connectivity index (χ2n) is 9.11. The van der Waals surface area contributed by atoms with E-state index in [1.165, 1.54) is 19.3 Å². The molecule has 30 heavy (non-hydrogen) atoms. The normalized spacial score (nSPS) is 23.2. The van der Waals surface area contributed by atoms with E-state index in [9.17, 15) is 9.59 Å². The van der Waals surface area contributed by atoms with Gasteiger partial charge in [-0.05, 0) is 56.2 Å². The highest BCUT2D eigenvalue weighted by atomic mass is 79.9. The highest BCUT2D eigenvalue weighted by Crippen LogP contribution is 2.38. The van der Waals surface area contributed by atoms with Crippen molar-refractivity contribution in [3.63, 3.8) is 0 Å². The Morgan fingerprint density at radius 2 is 1.60 bits per heavy atom. The Hall–Kier alpha value is -1.40. The molecule has 1 aliphatic carbocycles. The average Bonchev–Trinajstić information content (AvgIpc) is 2.80. The van der Waals surface area contributed by atoms with Gasteiger partial charge < -0.3 is 15.0 Å². The Balaban J connectivity index is 1.38. The number of hydrogen-bond donors (Lipinski definition) is 1. The molecule has 1 aromatic carbocycles. The van der Waals surface area contributed by atoms with Crippen molar-refractivity contribution in [3.05, 3.63) is 34.3 Å². The number of ether oxygens (including phenoxy) is 1. The number of amides is 2. The summed E-state index contributed by atoms with van der Waals surface area (Å²) < 4.78 is 6.62. The lowest BCUT2D eigenvalue weighted by Gasteiger charge is -2.42. The number of piperidine rings is 1. The number of nitrogens with zero attached hydrogens (tertiary/aromatic N) is 1. The molecule has 0 spiro atoms. The lowest BCUT2D eigenvalue weighted by Crippen LogP contribution is -2.54. The molecule has 5 nitrogen and oxygen atoms in total. The predicted molar refractivity (Wildman–Crippen MR) is 120 cm³/mol. The van der Waals surface area contributed by atoms with Crippen LogP contribution in [0.1, 0.15) is 63.4 Å². The van der Waals surface area contributed by atoms with E-state index in [0.29, 0.717) is 26.3 Å². The Kier molecular flexibility index (Phi) is 7.14. The summed E-state index contributed by atoms with van der Waals surface area (Å²) in [6.07, 6.45) is 8.81. The van der Waals surface area contributed by atoms with Gasteiger partial charge in [0.05, 0.1) is 5.41 Å². The SMILES string of the molecule is O=C(NC1CCN(C(=O)C2(c3ccc(Br)cc3)CCOCC2)CC1)C1CCCCC1. The zero-order chi connectivity index (χ0) is 21.0. The molecule has 2 amide bonds. The third-order valence-electron chi connectivity index (χ3n) is 7.26. The standard InChI is InChI=1S/C24H33BrN2O3/c25-20-8-6-19(7-9-20)24(12-16-30-17-13-24)23(29)27-14-10-21(11-15-27)26-22(28)18-4-2-1-3-5-18/h6-9,18,21H,1-5,10-17H2,(H,26,28). The van der Waals surface area contributed by atoms with E-state index in [0.717, 1.165) is 48.6 Å². The zero-order valence-corrected chi connectivity index (χ0v) is 19.3. The number of benzene rings is 1. The molecule has 1 N–H and O–H groups in total. The molecule has 1 aromatic rings. The van der Waals surface area contributed by atoms with Crippen LogP contribution in [0.4, 0.5) is 0 Å². The maximum atomic E-state index is 13.7. The van der Waals surface area contributed by atoms with E-state index in [4.69, 9.17) is 4.74 Å². The lowest BCUT2D eigenvalue weighted by molar-refractivity contribution is -0.142. The Morgan fingerprint density at radius 3 is 2.23 bits per heavy atom. The highest BCUT2D eigenvalue weighted by molar-refractivity contribution is 9.10. The first-order chi connectivity index (χ1) is 14.6. The maximum absolute atomic E-state index is 13.7. The molecule has 3 fully saturated rings. The van der Waals surface area contributed by atoms with Crippen LogP contribution in [0, 0.1) is 5.92 Å². The van der Waals surface area contributed by atoms with Crippen molar-refractivity contribution in [2.75, 3.05) is 26.3 Å². The molecule has 1 saturated carbocycles. The van der Waals surface area contributed by atoms with Gasteiger partial charge in [-0.2, -0.15) is 0 Å². The molecule has 2 saturated heterocycles. The molecule has 6 heteroatoms. The van der Waals surface area contributed by atoms with Crippen molar-refractivity contribution >= 4 is 27.7 Å². The van der Waals surface area contributed by atoms with Gasteiger partial charge in [-0.15, -0.1) is 0 Å². The minimum absolute atomic E-state index is 0.196. The molecule has 4 rings (SSSR count). The van der Waals surface area contributed by atoms with Crippen molar-refractivity contribution in [3.8, 4) is 0 Å². The molecule has 0 atom stereocenters. The number of nitrogens with one attached hydrogen (secondary N) is 1. The molecule has 2 aliphatic heterocycles. The summed E-state index contributed by atoms with van der Waals surface area (Å²) >= 11 is 3.50. The zero-order valence-electron chi connectivity index (χ0n) is 17.7. The summed E-state index contributed by atoms with van der Waals surface area (Å²) in [5.74, 6) is 0.654. The van der Waals surface area contributed by atoms with Crippen LogP contribution >= 0.6 is 15.9 Å². The van der Waals surface area contributed by atoms with Gasteiger partial charge in [-0.3, -0.25) is 9.59 Å². The fraction of sp³-hybridized carbons (Fsp3) is 0.667. The lowest BCUT2D eigenvalue weighted by atomic mass is 9.72. The molecule has 2 heterocycles. The van der Waals surface area contributed by atoms with Crippen molar-refractivity contribution < 1.29 is 14.3 Å². The van der Waals surface area contributed by atoms with Crippen molar-refractivity contribution in [2.45, 2.75) is 69.2 Å². The number of carbonyl (C=O) groups is 2. The van der Waals surface area contributed by atoms with Crippen LogP contribution < -0.4 is 5.32 Å². The maximum Gasteiger partial charge on any atom is 0.233 e. The molecule has 3 aliphatic rings. The number of likely N-dealkylation sites (tertiary alicyclic amines) is 1. The molecule has 0 unspecified atom stereocenters. The van der Waals surface area contributed by atoms with Crippen molar-refractivity contribution in [1.82, 2.24) is 10.2 Å². The second-order valence-corrected chi connectivity index (χ2v) is 10.0. The number of carbonyl (C=O) groups excluding carboxylic acids is 2. The number of hydrogen-bond acceptors (Lipinski definition) is 3. The number of rotatable bonds is 4. The summed E-state index contributed by atoms with van der Waals surface area (Å²) in [7, 11) is 0. The van der Waals surface area contributed by atoms with Crippen LogP contribution in [0.15, 0.2) is 28.7 Å². The van der Waals surface area contributed by atoms with Crippen LogP contribution in [0.2, 0.25) is 0 Å². The molecular formula is C24H33BrN2O3. The van der Waals surface area contributed by atoms with Crippen LogP contribution in [0.3, 0.4) is 0 Å². The third kappa shape index (κ3) is 4.75. The first-order valence-electron chi connectivity index (χ1n) is 11.5. The Morgan fingerprint density at radius 1 is 0.967 bits per heavy atom. The van der Waals surface area contributed by atoms with E-state index in [-0.39, 0.29) is 23.8 Å². The second kappa shape index (κ2) is 9.82. The molecule has 0 aromatic heterocycles. The topological polar surface area (TPSA) is 58.6 Å². The average molecular weight is 477 g/mol. The van der Waals surface area contributed by atoms with Gasteiger partial charge >= 0.3 is 0 Å². The summed E-state index contributed by atoms with van der Waals surface area (Å²) in [5, 5.41) is 3.27. The fourth-order valence-corrected chi connectivity index (χ4v) is 5.59. The van der Waals surface area contributed by atoms with Gasteiger partial charge in [0.1, 0.15) is 0 Å². The Labute approximate surface area is 188 Å². The summed E-state index contributed by atoms with van der Waals surface area (Å²) in [5.41, 5.74) is 0.601. The molecule has 0 bridgehead atoms. The smallest absolute Gasteiger partial charge is 0.233 e. The van der Waals surface area contributed by atoms with E-state index >= 15 is 0 Å². The van der Waals surface area contributed by atoms with Crippen molar-refractivity contribution in [1.29, 1.82) is 0 Å². The summed E-state index contributed by atoms with van der Waals surface area (Å²) in [6, 6.07) is 8.39. The summed E-state index contributed by atoms with van der Waals surface area (Å²) in [4.78, 5) is 28.3. The predicted octanol–water partition coefficient (Wildman–Crippen LogP) is 4.18. The minimum atomic E-state index is -0.489. The quantitative estimate of drug-likeness (QED) is 0.708. The van der Waals surface area contributed by atoms with Crippen LogP contribution in [0.25, 0.3) is 0 Å². The monoisotopic (exact) mass is 476 g/mol. The van der Waals surface area contributed by atoms with Crippen LogP contribution in [-0.2, 0) is 19.7 Å². The van der Waals surface area contributed by atoms with Crippen LogP contribution in [-0.4, -0.2) is 49.1 Å². The molecule has 164 valence electrons. The minimum Gasteiger partial charge on any atom is -0.381 e. The van der Waals surface area contributed by atoms with Gasteiger partial charge in [-0.1, -0.05) is 47.3 Å². The van der Waals surface area contributed by atoms with Gasteiger partial charge in [-0.25, -0.2) is 0 Å². The highest BCUT2D eigenvalue weighted by Gasteiger charge is 2.44. The number of halogens is 1. The first-order valence-corrected chi connectivity index (χ1v) is 12.3. The van der Waals surface area contributed by atoms with Gasteiger partial charge in [0.15, 0.2) is 0 Å². The van der Waals surface area contributed by atoms with Crippen molar-refractivity contribution in [2.24, 2.45) is 5.92 Å². The molecule has 0 radical (unpaired) electrons. The third-order valence-corrected chi connectivity index (χ3v) is 7.79. The van der Waals surface area contributed by atoms with E-state index in [1.807, 2.05) is 17.0 Å². The van der Waals surface area contributed by atoms with Gasteiger partial charge in [0, 0.05) is 42.7 Å².